The number of esters is 1. The molecule has 0 aromatic carbocycles. The van der Waals surface area contributed by atoms with E-state index in [4.69, 9.17) is 9.47 Å². The van der Waals surface area contributed by atoms with E-state index < -0.39 is 0 Å². The summed E-state index contributed by atoms with van der Waals surface area (Å²) in [5.41, 5.74) is 0. The Morgan fingerprint density at radius 1 is 1.09 bits per heavy atom. The Labute approximate surface area is 133 Å². The van der Waals surface area contributed by atoms with E-state index in [1.165, 1.54) is 25.7 Å². The molecule has 5 heteroatoms. The van der Waals surface area contributed by atoms with Crippen molar-refractivity contribution in [3.8, 4) is 0 Å². The van der Waals surface area contributed by atoms with Crippen LogP contribution in [0.15, 0.2) is 0 Å². The van der Waals surface area contributed by atoms with Crippen LogP contribution in [0.25, 0.3) is 0 Å². The van der Waals surface area contributed by atoms with Crippen molar-refractivity contribution in [1.82, 2.24) is 5.32 Å². The van der Waals surface area contributed by atoms with Crippen LogP contribution in [0.3, 0.4) is 0 Å². The molecule has 0 spiro atoms. The first kappa shape index (κ1) is 17.1. The summed E-state index contributed by atoms with van der Waals surface area (Å²) >= 11 is 0. The molecule has 2 rings (SSSR count). The van der Waals surface area contributed by atoms with Gasteiger partial charge in [-0.2, -0.15) is 0 Å². The van der Waals surface area contributed by atoms with Gasteiger partial charge >= 0.3 is 12.1 Å². The number of unbranched alkanes of at least 4 members (excludes halogenated alkanes) is 1. The molecule has 0 aromatic heterocycles. The lowest BCUT2D eigenvalue weighted by atomic mass is 9.89. The van der Waals surface area contributed by atoms with Crippen molar-refractivity contribution in [3.05, 3.63) is 0 Å². The average molecular weight is 311 g/mol. The van der Waals surface area contributed by atoms with Crippen LogP contribution in [0, 0.1) is 17.8 Å². The van der Waals surface area contributed by atoms with Gasteiger partial charge in [0.1, 0.15) is 0 Å². The first-order chi connectivity index (χ1) is 10.7. The number of ether oxygens (including phenoxy) is 2. The van der Waals surface area contributed by atoms with Crippen LogP contribution in [-0.2, 0) is 14.3 Å². The Kier molecular flexibility index (Phi) is 7.00. The standard InChI is InChI=1S/C17H29NO4/c1-2-5-16(19)21-8-3-4-9-22-17(20)18-12-15-11-13-6-7-14(15)10-13/h13-15H,2-12H2,1H3,(H,18,20). The molecule has 2 saturated carbocycles. The number of hydrogen-bond acceptors (Lipinski definition) is 4. The fourth-order valence-electron chi connectivity index (χ4n) is 3.72. The number of fused-ring (bicyclic) bond motifs is 2. The summed E-state index contributed by atoms with van der Waals surface area (Å²) in [6.45, 7) is 3.50. The van der Waals surface area contributed by atoms with Crippen molar-refractivity contribution >= 4 is 12.1 Å². The van der Waals surface area contributed by atoms with Crippen molar-refractivity contribution in [2.24, 2.45) is 17.8 Å². The van der Waals surface area contributed by atoms with Crippen molar-refractivity contribution in [3.63, 3.8) is 0 Å². The summed E-state index contributed by atoms with van der Waals surface area (Å²) in [4.78, 5) is 22.7. The van der Waals surface area contributed by atoms with E-state index in [0.29, 0.717) is 25.6 Å². The zero-order valence-electron chi connectivity index (χ0n) is 13.6. The van der Waals surface area contributed by atoms with Gasteiger partial charge in [0.25, 0.3) is 0 Å². The van der Waals surface area contributed by atoms with Crippen LogP contribution in [0.5, 0.6) is 0 Å². The molecule has 0 aliphatic heterocycles. The predicted octanol–water partition coefficient (Wildman–Crippen LogP) is 3.27. The topological polar surface area (TPSA) is 64.6 Å². The first-order valence-corrected chi connectivity index (χ1v) is 8.75. The Hall–Kier alpha value is -1.26. The summed E-state index contributed by atoms with van der Waals surface area (Å²) < 4.78 is 10.2. The molecule has 126 valence electrons. The second-order valence-corrected chi connectivity index (χ2v) is 6.63. The molecule has 2 fully saturated rings. The maximum absolute atomic E-state index is 11.6. The lowest BCUT2D eigenvalue weighted by Gasteiger charge is -2.21. The highest BCUT2D eigenvalue weighted by Gasteiger charge is 2.39. The Balaban J connectivity index is 1.42. The smallest absolute Gasteiger partial charge is 0.407 e. The molecular formula is C17H29NO4. The minimum Gasteiger partial charge on any atom is -0.466 e. The minimum atomic E-state index is -0.314. The number of carbonyl (C=O) groups excluding carboxylic acids is 2. The van der Waals surface area contributed by atoms with Gasteiger partial charge < -0.3 is 14.8 Å². The number of nitrogens with one attached hydrogen (secondary N) is 1. The van der Waals surface area contributed by atoms with E-state index in [1.54, 1.807) is 0 Å². The Morgan fingerprint density at radius 3 is 2.50 bits per heavy atom. The Morgan fingerprint density at radius 2 is 1.86 bits per heavy atom. The molecule has 5 nitrogen and oxygen atoms in total. The molecule has 0 radical (unpaired) electrons. The number of hydrogen-bond donors (Lipinski definition) is 1. The second kappa shape index (κ2) is 9.01. The Bertz CT molecular complexity index is 372. The summed E-state index contributed by atoms with van der Waals surface area (Å²) in [6.07, 6.45) is 7.78. The van der Waals surface area contributed by atoms with E-state index in [-0.39, 0.29) is 12.1 Å². The third-order valence-electron chi connectivity index (χ3n) is 4.88. The third-order valence-corrected chi connectivity index (χ3v) is 4.88. The summed E-state index contributed by atoms with van der Waals surface area (Å²) in [5, 5.41) is 2.89. The number of amides is 1. The highest BCUT2D eigenvalue weighted by Crippen LogP contribution is 2.47. The molecule has 3 unspecified atom stereocenters. The van der Waals surface area contributed by atoms with Crippen LogP contribution in [0.4, 0.5) is 4.79 Å². The van der Waals surface area contributed by atoms with Crippen molar-refractivity contribution in [2.45, 2.75) is 58.3 Å². The van der Waals surface area contributed by atoms with Gasteiger partial charge in [-0.15, -0.1) is 0 Å². The van der Waals surface area contributed by atoms with E-state index in [1.807, 2.05) is 6.92 Å². The van der Waals surface area contributed by atoms with Gasteiger partial charge in [0.05, 0.1) is 13.2 Å². The molecule has 22 heavy (non-hydrogen) atoms. The zero-order chi connectivity index (χ0) is 15.8. The molecule has 0 saturated heterocycles. The molecule has 0 heterocycles. The largest absolute Gasteiger partial charge is 0.466 e. The zero-order valence-corrected chi connectivity index (χ0v) is 13.6. The van der Waals surface area contributed by atoms with E-state index in [2.05, 4.69) is 5.32 Å². The summed E-state index contributed by atoms with van der Waals surface area (Å²) in [6, 6.07) is 0. The van der Waals surface area contributed by atoms with Gasteiger partial charge in [-0.3, -0.25) is 4.79 Å². The maximum Gasteiger partial charge on any atom is 0.407 e. The maximum atomic E-state index is 11.6. The lowest BCUT2D eigenvalue weighted by molar-refractivity contribution is -0.143. The van der Waals surface area contributed by atoms with Gasteiger partial charge in [-0.25, -0.2) is 4.79 Å². The molecule has 3 atom stereocenters. The lowest BCUT2D eigenvalue weighted by Crippen LogP contribution is -2.32. The van der Waals surface area contributed by atoms with Gasteiger partial charge in [0.15, 0.2) is 0 Å². The van der Waals surface area contributed by atoms with Crippen LogP contribution in [0.1, 0.15) is 58.3 Å². The van der Waals surface area contributed by atoms with Crippen LogP contribution in [0.2, 0.25) is 0 Å². The molecule has 0 aromatic rings. The number of rotatable bonds is 9. The fourth-order valence-corrected chi connectivity index (χ4v) is 3.72. The molecule has 1 amide bonds. The van der Waals surface area contributed by atoms with Gasteiger partial charge in [-0.1, -0.05) is 13.3 Å². The average Bonchev–Trinajstić information content (AvgIpc) is 3.11. The monoisotopic (exact) mass is 311 g/mol. The quantitative estimate of drug-likeness (QED) is 0.524. The summed E-state index contributed by atoms with van der Waals surface area (Å²) in [5.74, 6) is 2.24. The van der Waals surface area contributed by atoms with Crippen molar-refractivity contribution in [2.75, 3.05) is 19.8 Å². The minimum absolute atomic E-state index is 0.146. The first-order valence-electron chi connectivity index (χ1n) is 8.75. The van der Waals surface area contributed by atoms with Crippen LogP contribution < -0.4 is 5.32 Å². The van der Waals surface area contributed by atoms with E-state index >= 15 is 0 Å². The van der Waals surface area contributed by atoms with Crippen LogP contribution in [-0.4, -0.2) is 31.8 Å². The molecule has 2 aliphatic carbocycles. The summed E-state index contributed by atoms with van der Waals surface area (Å²) in [7, 11) is 0. The normalized spacial score (nSPS) is 26.0. The van der Waals surface area contributed by atoms with E-state index in [9.17, 15) is 9.59 Å². The predicted molar refractivity (Wildman–Crippen MR) is 83.4 cm³/mol. The second-order valence-electron chi connectivity index (χ2n) is 6.63. The molecular weight excluding hydrogens is 282 g/mol. The van der Waals surface area contributed by atoms with E-state index in [0.717, 1.165) is 37.6 Å². The van der Waals surface area contributed by atoms with Gasteiger partial charge in [0, 0.05) is 13.0 Å². The molecule has 2 bridgehead atoms. The fraction of sp³-hybridized carbons (Fsp3) is 0.882. The molecule has 2 aliphatic rings. The van der Waals surface area contributed by atoms with Crippen molar-refractivity contribution < 1.29 is 19.1 Å². The van der Waals surface area contributed by atoms with Crippen molar-refractivity contribution in [1.29, 1.82) is 0 Å². The van der Waals surface area contributed by atoms with Crippen LogP contribution >= 0.6 is 0 Å². The number of alkyl carbamates (subject to hydrolysis) is 1. The SMILES string of the molecule is CCCC(=O)OCCCCOC(=O)NCC1CC2CCC1C2. The van der Waals surface area contributed by atoms with Gasteiger partial charge in [-0.05, 0) is 56.3 Å². The highest BCUT2D eigenvalue weighted by atomic mass is 16.5. The highest BCUT2D eigenvalue weighted by molar-refractivity contribution is 5.69. The third kappa shape index (κ3) is 5.50. The molecule has 1 N–H and O–H groups in total. The van der Waals surface area contributed by atoms with Gasteiger partial charge in [0.2, 0.25) is 0 Å². The number of carbonyl (C=O) groups is 2.